The van der Waals surface area contributed by atoms with Crippen molar-refractivity contribution in [1.82, 2.24) is 0 Å². The van der Waals surface area contributed by atoms with Crippen molar-refractivity contribution in [2.24, 2.45) is 0 Å². The zero-order chi connectivity index (χ0) is 13.8. The maximum absolute atomic E-state index is 13.5. The van der Waals surface area contributed by atoms with Gasteiger partial charge in [0.15, 0.2) is 0 Å². The van der Waals surface area contributed by atoms with Crippen molar-refractivity contribution in [3.8, 4) is 0 Å². The summed E-state index contributed by atoms with van der Waals surface area (Å²) >= 11 is 0. The predicted octanol–water partition coefficient (Wildman–Crippen LogP) is 2.07. The van der Waals surface area contributed by atoms with Gasteiger partial charge in [0.2, 0.25) is 10.0 Å². The molecule has 1 rings (SSSR count). The Morgan fingerprint density at radius 1 is 1.44 bits per heavy atom. The largest absolute Gasteiger partial charge is 0.478 e. The molecule has 0 aliphatic rings. The molecular formula is C11H14FNO4S. The minimum atomic E-state index is -3.73. The Hall–Kier alpha value is -1.63. The lowest BCUT2D eigenvalue weighted by Gasteiger charge is -2.10. The number of hydrogen-bond acceptors (Lipinski definition) is 3. The van der Waals surface area contributed by atoms with Crippen molar-refractivity contribution < 1.29 is 22.7 Å². The fourth-order valence-corrected chi connectivity index (χ4v) is 2.64. The van der Waals surface area contributed by atoms with E-state index in [0.29, 0.717) is 12.8 Å². The molecular weight excluding hydrogens is 261 g/mol. The van der Waals surface area contributed by atoms with E-state index < -0.39 is 33.1 Å². The molecule has 2 N–H and O–H groups in total. The van der Waals surface area contributed by atoms with Gasteiger partial charge in [-0.25, -0.2) is 17.6 Å². The van der Waals surface area contributed by atoms with Crippen LogP contribution in [0.25, 0.3) is 0 Å². The van der Waals surface area contributed by atoms with Crippen LogP contribution in [-0.4, -0.2) is 25.2 Å². The van der Waals surface area contributed by atoms with E-state index in [9.17, 15) is 17.6 Å². The van der Waals surface area contributed by atoms with Crippen LogP contribution in [0.1, 0.15) is 30.1 Å². The first-order chi connectivity index (χ1) is 8.37. The van der Waals surface area contributed by atoms with Gasteiger partial charge in [-0.1, -0.05) is 19.4 Å². The SMILES string of the molecule is CCCCS(=O)(=O)Nc1c(F)cccc1C(=O)O. The highest BCUT2D eigenvalue weighted by atomic mass is 32.2. The van der Waals surface area contributed by atoms with Crippen LogP contribution >= 0.6 is 0 Å². The first-order valence-corrected chi connectivity index (χ1v) is 7.05. The third-order valence-electron chi connectivity index (χ3n) is 2.27. The highest BCUT2D eigenvalue weighted by Crippen LogP contribution is 2.21. The first-order valence-electron chi connectivity index (χ1n) is 5.39. The molecule has 1 aromatic carbocycles. The van der Waals surface area contributed by atoms with Crippen molar-refractivity contribution in [2.75, 3.05) is 10.5 Å². The summed E-state index contributed by atoms with van der Waals surface area (Å²) in [7, 11) is -3.73. The molecule has 18 heavy (non-hydrogen) atoms. The van der Waals surface area contributed by atoms with E-state index in [0.717, 1.165) is 12.1 Å². The number of unbranched alkanes of at least 4 members (excludes halogenated alkanes) is 1. The molecule has 0 spiro atoms. The lowest BCUT2D eigenvalue weighted by Crippen LogP contribution is -2.19. The van der Waals surface area contributed by atoms with Crippen molar-refractivity contribution in [1.29, 1.82) is 0 Å². The number of carboxylic acids is 1. The van der Waals surface area contributed by atoms with Gasteiger partial charge < -0.3 is 5.11 Å². The fraction of sp³-hybridized carbons (Fsp3) is 0.364. The van der Waals surface area contributed by atoms with Crippen LogP contribution in [0.5, 0.6) is 0 Å². The van der Waals surface area contributed by atoms with Crippen LogP contribution in [0, 0.1) is 5.82 Å². The molecule has 0 bridgehead atoms. The number of rotatable bonds is 6. The lowest BCUT2D eigenvalue weighted by molar-refractivity contribution is 0.0697. The number of para-hydroxylation sites is 1. The zero-order valence-electron chi connectivity index (χ0n) is 9.81. The molecule has 1 aromatic rings. The molecule has 0 aromatic heterocycles. The zero-order valence-corrected chi connectivity index (χ0v) is 10.6. The molecule has 0 saturated carbocycles. The number of halogens is 1. The van der Waals surface area contributed by atoms with Crippen molar-refractivity contribution in [3.63, 3.8) is 0 Å². The fourth-order valence-electron chi connectivity index (χ4n) is 1.35. The van der Waals surface area contributed by atoms with Crippen LogP contribution in [0.15, 0.2) is 18.2 Å². The monoisotopic (exact) mass is 275 g/mol. The van der Waals surface area contributed by atoms with Crippen molar-refractivity contribution in [2.45, 2.75) is 19.8 Å². The Bertz CT molecular complexity index is 542. The minimum absolute atomic E-state index is 0.170. The van der Waals surface area contributed by atoms with E-state index in [2.05, 4.69) is 0 Å². The summed E-state index contributed by atoms with van der Waals surface area (Å²) in [5.74, 6) is -2.46. The number of benzene rings is 1. The maximum atomic E-state index is 13.5. The summed E-state index contributed by atoms with van der Waals surface area (Å²) in [6, 6.07) is 3.36. The lowest BCUT2D eigenvalue weighted by atomic mass is 10.2. The maximum Gasteiger partial charge on any atom is 0.337 e. The molecule has 100 valence electrons. The van der Waals surface area contributed by atoms with Crippen LogP contribution < -0.4 is 4.72 Å². The van der Waals surface area contributed by atoms with E-state index in [1.807, 2.05) is 11.6 Å². The van der Waals surface area contributed by atoms with Gasteiger partial charge in [0.05, 0.1) is 17.0 Å². The number of nitrogens with one attached hydrogen (secondary N) is 1. The van der Waals surface area contributed by atoms with E-state index in [-0.39, 0.29) is 5.75 Å². The third kappa shape index (κ3) is 3.69. The van der Waals surface area contributed by atoms with Gasteiger partial charge in [-0.15, -0.1) is 0 Å². The molecule has 0 heterocycles. The summed E-state index contributed by atoms with van der Waals surface area (Å²) in [5.41, 5.74) is -0.920. The Morgan fingerprint density at radius 2 is 2.11 bits per heavy atom. The van der Waals surface area contributed by atoms with E-state index in [4.69, 9.17) is 5.11 Å². The third-order valence-corrected chi connectivity index (χ3v) is 3.61. The minimum Gasteiger partial charge on any atom is -0.478 e. The van der Waals surface area contributed by atoms with Gasteiger partial charge in [-0.2, -0.15) is 0 Å². The van der Waals surface area contributed by atoms with Gasteiger partial charge in [-0.3, -0.25) is 4.72 Å². The summed E-state index contributed by atoms with van der Waals surface area (Å²) < 4.78 is 38.7. The number of sulfonamides is 1. The molecule has 0 aliphatic carbocycles. The molecule has 0 fully saturated rings. The topological polar surface area (TPSA) is 83.5 Å². The number of carboxylic acid groups (broad SMARTS) is 1. The van der Waals surface area contributed by atoms with Crippen LogP contribution in [0.3, 0.4) is 0 Å². The van der Waals surface area contributed by atoms with E-state index >= 15 is 0 Å². The first kappa shape index (κ1) is 14.4. The number of carbonyl (C=O) groups is 1. The molecule has 5 nitrogen and oxygen atoms in total. The smallest absolute Gasteiger partial charge is 0.337 e. The van der Waals surface area contributed by atoms with Gasteiger partial charge >= 0.3 is 5.97 Å². The Labute approximate surface area is 105 Å². The number of anilines is 1. The van der Waals surface area contributed by atoms with E-state index in [1.54, 1.807) is 0 Å². The van der Waals surface area contributed by atoms with Crippen LogP contribution in [-0.2, 0) is 10.0 Å². The summed E-state index contributed by atoms with van der Waals surface area (Å²) in [6.07, 6.45) is 1.09. The van der Waals surface area contributed by atoms with Crippen molar-refractivity contribution >= 4 is 21.7 Å². The molecule has 0 saturated heterocycles. The standard InChI is InChI=1S/C11H14FNO4S/c1-2-3-7-18(16,17)13-10-8(11(14)15)5-4-6-9(10)12/h4-6,13H,2-3,7H2,1H3,(H,14,15). The second kappa shape index (κ2) is 5.81. The Morgan fingerprint density at radius 3 is 2.67 bits per heavy atom. The quantitative estimate of drug-likeness (QED) is 0.832. The van der Waals surface area contributed by atoms with Gasteiger partial charge in [0, 0.05) is 0 Å². The molecule has 0 radical (unpaired) electrons. The number of hydrogen-bond donors (Lipinski definition) is 2. The summed E-state index contributed by atoms with van der Waals surface area (Å²) in [6.45, 7) is 1.82. The Kier molecular flexibility index (Phi) is 4.66. The average Bonchev–Trinajstić information content (AvgIpc) is 2.28. The summed E-state index contributed by atoms with van der Waals surface area (Å²) in [5, 5.41) is 8.86. The molecule has 7 heteroatoms. The van der Waals surface area contributed by atoms with Crippen molar-refractivity contribution in [3.05, 3.63) is 29.6 Å². The van der Waals surface area contributed by atoms with Gasteiger partial charge in [-0.05, 0) is 18.6 Å². The number of aromatic carboxylic acids is 1. The van der Waals surface area contributed by atoms with Gasteiger partial charge in [0.1, 0.15) is 5.82 Å². The molecule has 0 amide bonds. The average molecular weight is 275 g/mol. The highest BCUT2D eigenvalue weighted by Gasteiger charge is 2.19. The second-order valence-electron chi connectivity index (χ2n) is 3.74. The molecule has 0 unspecified atom stereocenters. The normalized spacial score (nSPS) is 11.2. The molecule has 0 aliphatic heterocycles. The van der Waals surface area contributed by atoms with Gasteiger partial charge in [0.25, 0.3) is 0 Å². The Balaban J connectivity index is 3.07. The second-order valence-corrected chi connectivity index (χ2v) is 5.58. The molecule has 0 atom stereocenters. The summed E-state index contributed by atoms with van der Waals surface area (Å²) in [4.78, 5) is 10.9. The van der Waals surface area contributed by atoms with Crippen LogP contribution in [0.4, 0.5) is 10.1 Å². The van der Waals surface area contributed by atoms with E-state index in [1.165, 1.54) is 6.07 Å². The van der Waals surface area contributed by atoms with Crippen LogP contribution in [0.2, 0.25) is 0 Å². The highest BCUT2D eigenvalue weighted by molar-refractivity contribution is 7.92. The predicted molar refractivity (Wildman–Crippen MR) is 65.7 cm³/mol.